The zero-order valence-corrected chi connectivity index (χ0v) is 8.10. The Morgan fingerprint density at radius 2 is 1.93 bits per heavy atom. The predicted molar refractivity (Wildman–Crippen MR) is 44.7 cm³/mol. The monoisotopic (exact) mass is 206 g/mol. The Labute approximate surface area is 81.4 Å². The fourth-order valence-corrected chi connectivity index (χ4v) is 0.885. The van der Waals surface area contributed by atoms with Gasteiger partial charge >= 0.3 is 11.9 Å². The zero-order chi connectivity index (χ0) is 11.1. The summed E-state index contributed by atoms with van der Waals surface area (Å²) in [6.07, 6.45) is -0.926. The van der Waals surface area contributed by atoms with Crippen molar-refractivity contribution in [1.29, 1.82) is 0 Å². The second-order valence-corrected chi connectivity index (χ2v) is 2.74. The van der Waals surface area contributed by atoms with Crippen LogP contribution in [0.4, 0.5) is 0 Å². The first-order chi connectivity index (χ1) is 6.52. The van der Waals surface area contributed by atoms with E-state index in [9.17, 15) is 9.59 Å². The second-order valence-electron chi connectivity index (χ2n) is 2.74. The van der Waals surface area contributed by atoms with E-state index in [1.807, 2.05) is 0 Å². The van der Waals surface area contributed by atoms with Crippen molar-refractivity contribution in [3.63, 3.8) is 0 Å². The van der Waals surface area contributed by atoms with Crippen molar-refractivity contribution in [2.24, 2.45) is 5.92 Å². The molecule has 2 N–H and O–H groups in total. The molecule has 82 valence electrons. The average molecular weight is 206 g/mol. The molecular weight excluding hydrogens is 192 g/mol. The van der Waals surface area contributed by atoms with Gasteiger partial charge in [0.05, 0.1) is 18.6 Å². The first-order valence-electron chi connectivity index (χ1n) is 4.20. The Balaban J connectivity index is 4.10. The van der Waals surface area contributed by atoms with Crippen LogP contribution in [0.2, 0.25) is 0 Å². The van der Waals surface area contributed by atoms with E-state index in [0.29, 0.717) is 0 Å². The molecular formula is C8H14O6. The molecule has 14 heavy (non-hydrogen) atoms. The lowest BCUT2D eigenvalue weighted by molar-refractivity contribution is -0.262. The van der Waals surface area contributed by atoms with Crippen molar-refractivity contribution in [2.45, 2.75) is 26.4 Å². The van der Waals surface area contributed by atoms with E-state index < -0.39 is 30.6 Å². The number of carbonyl (C=O) groups is 2. The van der Waals surface area contributed by atoms with E-state index in [1.54, 1.807) is 6.92 Å². The molecule has 0 aliphatic rings. The Morgan fingerprint density at radius 1 is 1.36 bits per heavy atom. The summed E-state index contributed by atoms with van der Waals surface area (Å²) < 4.78 is 0. The van der Waals surface area contributed by atoms with Crippen LogP contribution >= 0.6 is 0 Å². The van der Waals surface area contributed by atoms with Crippen LogP contribution in [0.1, 0.15) is 20.3 Å². The topological polar surface area (TPSA) is 93.1 Å². The third kappa shape index (κ3) is 4.20. The summed E-state index contributed by atoms with van der Waals surface area (Å²) in [6, 6.07) is 0. The van der Waals surface area contributed by atoms with Crippen LogP contribution in [0.3, 0.4) is 0 Å². The van der Waals surface area contributed by atoms with Gasteiger partial charge in [0.15, 0.2) is 0 Å². The van der Waals surface area contributed by atoms with E-state index >= 15 is 0 Å². The molecule has 0 aliphatic carbocycles. The minimum absolute atomic E-state index is 0.280. The summed E-state index contributed by atoms with van der Waals surface area (Å²) in [4.78, 5) is 29.5. The summed E-state index contributed by atoms with van der Waals surface area (Å²) in [6.45, 7) is 2.17. The van der Waals surface area contributed by atoms with Gasteiger partial charge in [0, 0.05) is 6.92 Å². The smallest absolute Gasteiger partial charge is 0.361 e. The number of hydrogen-bond acceptors (Lipinski definition) is 6. The summed E-state index contributed by atoms with van der Waals surface area (Å²) in [5.74, 6) is -2.52. The van der Waals surface area contributed by atoms with Gasteiger partial charge in [-0.15, -0.1) is 0 Å². The van der Waals surface area contributed by atoms with Crippen molar-refractivity contribution in [1.82, 2.24) is 0 Å². The van der Waals surface area contributed by atoms with Gasteiger partial charge < -0.3 is 10.2 Å². The third-order valence-electron chi connectivity index (χ3n) is 1.64. The molecule has 0 saturated carbocycles. The highest BCUT2D eigenvalue weighted by Gasteiger charge is 2.27. The summed E-state index contributed by atoms with van der Waals surface area (Å²) >= 11 is 0. The largest absolute Gasteiger partial charge is 0.394 e. The van der Waals surface area contributed by atoms with E-state index in [2.05, 4.69) is 9.78 Å². The first kappa shape index (κ1) is 12.9. The van der Waals surface area contributed by atoms with Gasteiger partial charge in [-0.3, -0.25) is 0 Å². The first-order valence-corrected chi connectivity index (χ1v) is 4.20. The molecule has 2 atom stereocenters. The van der Waals surface area contributed by atoms with Crippen LogP contribution in [0.15, 0.2) is 0 Å². The van der Waals surface area contributed by atoms with Gasteiger partial charge in [0.2, 0.25) is 0 Å². The number of rotatable bonds is 4. The number of hydrogen-bond donors (Lipinski definition) is 2. The fraction of sp³-hybridized carbons (Fsp3) is 0.750. The minimum atomic E-state index is -1.21. The lowest BCUT2D eigenvalue weighted by Gasteiger charge is -2.16. The lowest BCUT2D eigenvalue weighted by Crippen LogP contribution is -2.32. The van der Waals surface area contributed by atoms with Gasteiger partial charge in [-0.2, -0.15) is 0 Å². The molecule has 0 bridgehead atoms. The Hall–Kier alpha value is -1.14. The molecule has 0 radical (unpaired) electrons. The second kappa shape index (κ2) is 6.33. The molecule has 0 aliphatic heterocycles. The van der Waals surface area contributed by atoms with Crippen molar-refractivity contribution in [3.8, 4) is 0 Å². The Kier molecular flexibility index (Phi) is 5.82. The van der Waals surface area contributed by atoms with E-state index in [0.717, 1.165) is 6.92 Å². The van der Waals surface area contributed by atoms with Gasteiger partial charge in [-0.05, 0) is 6.42 Å². The van der Waals surface area contributed by atoms with E-state index in [1.165, 1.54) is 0 Å². The van der Waals surface area contributed by atoms with Crippen LogP contribution in [-0.4, -0.2) is 34.9 Å². The highest BCUT2D eigenvalue weighted by atomic mass is 17.2. The van der Waals surface area contributed by atoms with Gasteiger partial charge in [-0.1, -0.05) is 6.92 Å². The lowest BCUT2D eigenvalue weighted by atomic mass is 10.0. The summed E-state index contributed by atoms with van der Waals surface area (Å²) in [5, 5.41) is 17.8. The maximum Gasteiger partial charge on any atom is 0.361 e. The van der Waals surface area contributed by atoms with Crippen LogP contribution in [0.25, 0.3) is 0 Å². The zero-order valence-electron chi connectivity index (χ0n) is 8.10. The van der Waals surface area contributed by atoms with Gasteiger partial charge in [-0.25, -0.2) is 19.4 Å². The highest BCUT2D eigenvalue weighted by Crippen LogP contribution is 2.11. The van der Waals surface area contributed by atoms with Crippen LogP contribution in [-0.2, 0) is 19.4 Å². The predicted octanol–water partition coefficient (Wildman–Crippen LogP) is -0.613. The highest BCUT2D eigenvalue weighted by molar-refractivity contribution is 5.74. The molecule has 0 fully saturated rings. The maximum absolute atomic E-state index is 11.1. The normalized spacial score (nSPS) is 14.3. The van der Waals surface area contributed by atoms with Crippen molar-refractivity contribution in [3.05, 3.63) is 0 Å². The average Bonchev–Trinajstić information content (AvgIpc) is 2.15. The van der Waals surface area contributed by atoms with E-state index in [4.69, 9.17) is 10.2 Å². The SMILES string of the molecule is CCC(C(=O)OOC(C)=O)C(O)CO. The summed E-state index contributed by atoms with van der Waals surface area (Å²) in [5.41, 5.74) is 0. The van der Waals surface area contributed by atoms with E-state index in [-0.39, 0.29) is 6.42 Å². The standard InChI is InChI=1S/C8H14O6/c1-3-6(7(11)4-9)8(12)14-13-5(2)10/h6-7,9,11H,3-4H2,1-2H3. The van der Waals surface area contributed by atoms with Crippen molar-refractivity contribution in [2.75, 3.05) is 6.61 Å². The van der Waals surface area contributed by atoms with Crippen molar-refractivity contribution >= 4 is 11.9 Å². The van der Waals surface area contributed by atoms with Crippen LogP contribution < -0.4 is 0 Å². The molecule has 0 aromatic rings. The minimum Gasteiger partial charge on any atom is -0.394 e. The molecule has 0 rings (SSSR count). The molecule has 0 aromatic carbocycles. The molecule has 2 unspecified atom stereocenters. The fourth-order valence-electron chi connectivity index (χ4n) is 0.885. The molecule has 0 amide bonds. The molecule has 0 saturated heterocycles. The third-order valence-corrected chi connectivity index (χ3v) is 1.64. The Morgan fingerprint density at radius 3 is 2.29 bits per heavy atom. The van der Waals surface area contributed by atoms with Crippen LogP contribution in [0, 0.1) is 5.92 Å². The quantitative estimate of drug-likeness (QED) is 0.470. The number of aliphatic hydroxyl groups excluding tert-OH is 2. The van der Waals surface area contributed by atoms with Crippen LogP contribution in [0.5, 0.6) is 0 Å². The Bertz CT molecular complexity index is 202. The molecule has 6 nitrogen and oxygen atoms in total. The molecule has 0 heterocycles. The molecule has 6 heteroatoms. The molecule has 0 spiro atoms. The van der Waals surface area contributed by atoms with Gasteiger partial charge in [0.25, 0.3) is 0 Å². The number of aliphatic hydroxyl groups is 2. The summed E-state index contributed by atoms with van der Waals surface area (Å²) in [7, 11) is 0. The maximum atomic E-state index is 11.1. The van der Waals surface area contributed by atoms with Crippen molar-refractivity contribution < 1.29 is 29.6 Å². The van der Waals surface area contributed by atoms with Gasteiger partial charge in [0.1, 0.15) is 0 Å². The number of carbonyl (C=O) groups excluding carboxylic acids is 2. The molecule has 0 aromatic heterocycles.